The molecule has 7 aromatic carbocycles. The molecule has 6 heteroatoms. The third-order valence-electron chi connectivity index (χ3n) is 9.73. The van der Waals surface area contributed by atoms with Crippen molar-refractivity contribution in [2.75, 3.05) is 0 Å². The minimum atomic E-state index is 0.241. The molecule has 0 radical (unpaired) electrons. The van der Waals surface area contributed by atoms with Gasteiger partial charge in [-0.2, -0.15) is 0 Å². The molecule has 0 aromatic heterocycles. The predicted molar refractivity (Wildman–Crippen MR) is 242 cm³/mol. The molecule has 0 aliphatic heterocycles. The molecular weight excluding hydrogens is 745 g/mol. The van der Waals surface area contributed by atoms with E-state index in [1.54, 1.807) is 0 Å². The van der Waals surface area contributed by atoms with Crippen molar-refractivity contribution in [3.05, 3.63) is 176 Å². The Hall–Kier alpha value is -6.66. The summed E-state index contributed by atoms with van der Waals surface area (Å²) in [5, 5.41) is 0. The fraction of sp³-hybridized carbons (Fsp3) is 0.222. The average Bonchev–Trinajstić information content (AvgIpc) is 3.10. The second kappa shape index (κ2) is 17.3. The number of rotatable bonds is 12. The van der Waals surface area contributed by atoms with E-state index < -0.39 is 0 Å². The van der Waals surface area contributed by atoms with Crippen molar-refractivity contribution in [2.24, 2.45) is 0 Å². The number of benzene rings is 7. The maximum atomic E-state index is 7.10. The van der Waals surface area contributed by atoms with Gasteiger partial charge in [0.2, 0.25) is 34.5 Å². The molecule has 6 nitrogen and oxygen atoms in total. The molecule has 0 N–H and O–H groups in total. The third kappa shape index (κ3) is 10.1. The van der Waals surface area contributed by atoms with Crippen LogP contribution in [0.5, 0.6) is 69.0 Å². The van der Waals surface area contributed by atoms with Gasteiger partial charge in [0.25, 0.3) is 0 Å². The quantitative estimate of drug-likeness (QED) is 0.123. The highest BCUT2D eigenvalue weighted by Gasteiger charge is 2.35. The van der Waals surface area contributed by atoms with Gasteiger partial charge in [-0.1, -0.05) is 36.4 Å². The lowest BCUT2D eigenvalue weighted by Gasteiger charge is -2.26. The molecule has 0 aliphatic rings. The Morgan fingerprint density at radius 2 is 0.267 bits per heavy atom. The van der Waals surface area contributed by atoms with E-state index in [4.69, 9.17) is 28.4 Å². The molecule has 0 amide bonds. The average molecular weight is 799 g/mol. The molecule has 60 heavy (non-hydrogen) atoms. The topological polar surface area (TPSA) is 55.4 Å². The van der Waals surface area contributed by atoms with Crippen LogP contribution < -0.4 is 28.4 Å². The molecule has 0 saturated heterocycles. The SMILES string of the molecule is Cc1cc(C)cc(Oc2c(Oc3cc(C)cc(C)c3)c(Oc3cc(C)cc(C)c3)c(Oc3cc(C)cc(C)c3)c(Oc3cc(C)cc(C)c3)c2Oc2cc(C)cc(C)c2)c1. The fourth-order valence-corrected chi connectivity index (χ4v) is 7.83. The van der Waals surface area contributed by atoms with Crippen molar-refractivity contribution < 1.29 is 28.4 Å². The van der Waals surface area contributed by atoms with Crippen LogP contribution in [0.1, 0.15) is 66.8 Å². The van der Waals surface area contributed by atoms with Gasteiger partial charge in [0.15, 0.2) is 0 Å². The summed E-state index contributed by atoms with van der Waals surface area (Å²) in [4.78, 5) is 0. The van der Waals surface area contributed by atoms with Crippen LogP contribution in [0.2, 0.25) is 0 Å². The van der Waals surface area contributed by atoms with E-state index in [1.165, 1.54) is 0 Å². The highest BCUT2D eigenvalue weighted by Crippen LogP contribution is 2.63. The Bertz CT molecular complexity index is 2120. The van der Waals surface area contributed by atoms with Crippen LogP contribution >= 0.6 is 0 Å². The van der Waals surface area contributed by atoms with Crippen LogP contribution in [0.3, 0.4) is 0 Å². The van der Waals surface area contributed by atoms with Crippen LogP contribution in [-0.2, 0) is 0 Å². The van der Waals surface area contributed by atoms with Gasteiger partial charge in [-0.3, -0.25) is 0 Å². The van der Waals surface area contributed by atoms with E-state index in [-0.39, 0.29) is 34.5 Å². The molecule has 306 valence electrons. The standard InChI is InChI=1S/C54H54O6/c1-31-13-32(2)20-43(19-31)55-49-50(56-44-21-33(3)14-34(4)22-44)52(58-46-25-37(7)16-38(8)26-46)54(60-48-29-41(11)18-42(12)30-48)53(59-47-27-39(9)17-40(10)28-47)51(49)57-45-23-35(5)15-36(6)24-45/h13-30H,1-12H3. The van der Waals surface area contributed by atoms with Crippen LogP contribution in [0.25, 0.3) is 0 Å². The van der Waals surface area contributed by atoms with Gasteiger partial charge < -0.3 is 28.4 Å². The Balaban J connectivity index is 1.66. The summed E-state index contributed by atoms with van der Waals surface area (Å²) < 4.78 is 42.6. The smallest absolute Gasteiger partial charge is 0.220 e. The Morgan fingerprint density at radius 1 is 0.167 bits per heavy atom. The van der Waals surface area contributed by atoms with E-state index >= 15 is 0 Å². The summed E-state index contributed by atoms with van der Waals surface area (Å²) in [6, 6.07) is 36.5. The largest absolute Gasteiger partial charge is 0.449 e. The zero-order chi connectivity index (χ0) is 42.8. The second-order valence-electron chi connectivity index (χ2n) is 16.5. The minimum absolute atomic E-state index is 0.241. The highest BCUT2D eigenvalue weighted by atomic mass is 16.6. The first-order chi connectivity index (χ1) is 28.5. The molecule has 0 heterocycles. The summed E-state index contributed by atoms with van der Waals surface area (Å²) in [7, 11) is 0. The summed E-state index contributed by atoms with van der Waals surface area (Å²) in [6.07, 6.45) is 0. The first-order valence-corrected chi connectivity index (χ1v) is 20.3. The number of hydrogen-bond donors (Lipinski definition) is 0. The molecule has 0 saturated carbocycles. The summed E-state index contributed by atoms with van der Waals surface area (Å²) >= 11 is 0. The van der Waals surface area contributed by atoms with Gasteiger partial charge in [-0.05, 0) is 223 Å². The minimum Gasteiger partial charge on any atom is -0.449 e. The zero-order valence-corrected chi connectivity index (χ0v) is 36.8. The van der Waals surface area contributed by atoms with Crippen molar-refractivity contribution in [2.45, 2.75) is 83.1 Å². The predicted octanol–water partition coefficient (Wildman–Crippen LogP) is 16.1. The van der Waals surface area contributed by atoms with Gasteiger partial charge in [-0.25, -0.2) is 0 Å². The van der Waals surface area contributed by atoms with Crippen molar-refractivity contribution in [3.63, 3.8) is 0 Å². The number of hydrogen-bond acceptors (Lipinski definition) is 6. The summed E-state index contributed by atoms with van der Waals surface area (Å²) in [5.74, 6) is 4.95. The van der Waals surface area contributed by atoms with Crippen molar-refractivity contribution in [1.29, 1.82) is 0 Å². The van der Waals surface area contributed by atoms with E-state index in [0.29, 0.717) is 34.5 Å². The molecule has 0 spiro atoms. The van der Waals surface area contributed by atoms with Crippen molar-refractivity contribution in [3.8, 4) is 69.0 Å². The third-order valence-corrected chi connectivity index (χ3v) is 9.73. The number of aryl methyl sites for hydroxylation is 12. The van der Waals surface area contributed by atoms with Crippen LogP contribution in [0, 0.1) is 83.1 Å². The highest BCUT2D eigenvalue weighted by molar-refractivity contribution is 5.77. The molecule has 0 bridgehead atoms. The van der Waals surface area contributed by atoms with Crippen LogP contribution in [0.4, 0.5) is 0 Å². The maximum absolute atomic E-state index is 7.10. The monoisotopic (exact) mass is 798 g/mol. The van der Waals surface area contributed by atoms with Crippen LogP contribution in [-0.4, -0.2) is 0 Å². The van der Waals surface area contributed by atoms with E-state index in [9.17, 15) is 0 Å². The Kier molecular flexibility index (Phi) is 12.0. The molecule has 0 fully saturated rings. The van der Waals surface area contributed by atoms with Gasteiger partial charge in [0, 0.05) is 0 Å². The number of ether oxygens (including phenoxy) is 6. The molecular formula is C54H54O6. The lowest BCUT2D eigenvalue weighted by molar-refractivity contribution is 0.326. The van der Waals surface area contributed by atoms with Gasteiger partial charge in [-0.15, -0.1) is 0 Å². The maximum Gasteiger partial charge on any atom is 0.220 e. The molecule has 7 rings (SSSR count). The molecule has 0 aliphatic carbocycles. The Morgan fingerprint density at radius 3 is 0.367 bits per heavy atom. The molecule has 0 atom stereocenters. The van der Waals surface area contributed by atoms with Gasteiger partial charge >= 0.3 is 0 Å². The first-order valence-electron chi connectivity index (χ1n) is 20.3. The first kappa shape index (κ1) is 41.5. The molecule has 7 aromatic rings. The van der Waals surface area contributed by atoms with E-state index in [2.05, 4.69) is 36.4 Å². The summed E-state index contributed by atoms with van der Waals surface area (Å²) in [5.41, 5.74) is 12.4. The van der Waals surface area contributed by atoms with Gasteiger partial charge in [0.05, 0.1) is 0 Å². The van der Waals surface area contributed by atoms with Crippen molar-refractivity contribution in [1.82, 2.24) is 0 Å². The van der Waals surface area contributed by atoms with E-state index in [1.807, 2.05) is 156 Å². The Labute approximate surface area is 355 Å². The van der Waals surface area contributed by atoms with Crippen LogP contribution in [0.15, 0.2) is 109 Å². The fourth-order valence-electron chi connectivity index (χ4n) is 7.83. The van der Waals surface area contributed by atoms with Gasteiger partial charge in [0.1, 0.15) is 34.5 Å². The normalized spacial score (nSPS) is 11.0. The molecule has 0 unspecified atom stereocenters. The second-order valence-corrected chi connectivity index (χ2v) is 16.5. The van der Waals surface area contributed by atoms with E-state index in [0.717, 1.165) is 66.8 Å². The van der Waals surface area contributed by atoms with Crippen molar-refractivity contribution >= 4 is 0 Å². The summed E-state index contributed by atoms with van der Waals surface area (Å²) in [6.45, 7) is 24.5. The lowest BCUT2D eigenvalue weighted by atomic mass is 10.1. The lowest BCUT2D eigenvalue weighted by Crippen LogP contribution is -2.04. The zero-order valence-electron chi connectivity index (χ0n) is 36.8.